The van der Waals surface area contributed by atoms with Crippen LogP contribution in [0.3, 0.4) is 0 Å². The second-order valence-corrected chi connectivity index (χ2v) is 5.65. The molecule has 1 aromatic heterocycles. The quantitative estimate of drug-likeness (QED) is 0.847. The van der Waals surface area contributed by atoms with Crippen LogP contribution in [-0.2, 0) is 10.2 Å². The summed E-state index contributed by atoms with van der Waals surface area (Å²) >= 11 is 0. The second kappa shape index (κ2) is 5.04. The molecular formula is C16H16FNO2. The monoisotopic (exact) mass is 273 g/mol. The van der Waals surface area contributed by atoms with Gasteiger partial charge in [0.25, 0.3) is 0 Å². The molecule has 0 atom stereocenters. The van der Waals surface area contributed by atoms with Gasteiger partial charge in [-0.2, -0.15) is 0 Å². The molecule has 0 aliphatic rings. The molecule has 0 amide bonds. The molecule has 4 heteroatoms. The van der Waals surface area contributed by atoms with Gasteiger partial charge in [-0.15, -0.1) is 0 Å². The molecule has 0 saturated heterocycles. The minimum absolute atomic E-state index is 0.248. The van der Waals surface area contributed by atoms with Crippen molar-refractivity contribution in [2.75, 3.05) is 0 Å². The lowest BCUT2D eigenvalue weighted by Crippen LogP contribution is -2.14. The molecule has 0 aliphatic carbocycles. The van der Waals surface area contributed by atoms with Crippen molar-refractivity contribution in [1.82, 2.24) is 4.98 Å². The summed E-state index contributed by atoms with van der Waals surface area (Å²) in [5.74, 6) is -1.44. The maximum absolute atomic E-state index is 13.9. The topological polar surface area (TPSA) is 50.2 Å². The second-order valence-electron chi connectivity index (χ2n) is 5.65. The number of nitrogens with zero attached hydrogens (tertiary/aromatic N) is 1. The number of pyridine rings is 1. The highest BCUT2D eigenvalue weighted by molar-refractivity contribution is 5.93. The Morgan fingerprint density at radius 2 is 2.05 bits per heavy atom. The molecule has 0 radical (unpaired) electrons. The van der Waals surface area contributed by atoms with E-state index in [-0.39, 0.29) is 10.9 Å². The fraction of sp³-hybridized carbons (Fsp3) is 0.250. The van der Waals surface area contributed by atoms with Crippen molar-refractivity contribution in [3.63, 3.8) is 0 Å². The molecule has 0 spiro atoms. The molecular weight excluding hydrogens is 257 g/mol. The molecule has 1 aromatic carbocycles. The van der Waals surface area contributed by atoms with Crippen LogP contribution in [0.25, 0.3) is 17.0 Å². The van der Waals surface area contributed by atoms with Gasteiger partial charge in [0.1, 0.15) is 11.3 Å². The number of benzene rings is 1. The van der Waals surface area contributed by atoms with Crippen molar-refractivity contribution in [3.05, 3.63) is 47.4 Å². The minimum Gasteiger partial charge on any atom is -0.478 e. The van der Waals surface area contributed by atoms with E-state index < -0.39 is 11.8 Å². The number of carboxylic acids is 1. The zero-order chi connectivity index (χ0) is 14.9. The zero-order valence-electron chi connectivity index (χ0n) is 11.6. The normalized spacial score (nSPS) is 12.2. The van der Waals surface area contributed by atoms with Crippen LogP contribution < -0.4 is 0 Å². The van der Waals surface area contributed by atoms with E-state index in [2.05, 4.69) is 4.98 Å². The molecule has 2 aromatic rings. The van der Waals surface area contributed by atoms with E-state index in [1.165, 1.54) is 12.1 Å². The fourth-order valence-electron chi connectivity index (χ4n) is 1.92. The zero-order valence-corrected chi connectivity index (χ0v) is 11.6. The van der Waals surface area contributed by atoms with Crippen molar-refractivity contribution < 1.29 is 14.3 Å². The van der Waals surface area contributed by atoms with Gasteiger partial charge in [0, 0.05) is 22.6 Å². The lowest BCUT2D eigenvalue weighted by atomic mass is 9.89. The van der Waals surface area contributed by atoms with Gasteiger partial charge in [0.15, 0.2) is 0 Å². The number of carbonyl (C=O) groups is 1. The number of fused-ring (bicyclic) bond motifs is 1. The highest BCUT2D eigenvalue weighted by Crippen LogP contribution is 2.28. The van der Waals surface area contributed by atoms with Gasteiger partial charge in [-0.25, -0.2) is 14.2 Å². The number of hydrogen-bond donors (Lipinski definition) is 1. The van der Waals surface area contributed by atoms with Crippen molar-refractivity contribution in [2.45, 2.75) is 26.2 Å². The Balaban J connectivity index is 2.76. The third-order valence-corrected chi connectivity index (χ3v) is 3.00. The predicted octanol–water partition coefficient (Wildman–Crippen LogP) is 3.77. The van der Waals surface area contributed by atoms with Gasteiger partial charge >= 0.3 is 5.97 Å². The summed E-state index contributed by atoms with van der Waals surface area (Å²) in [5.41, 5.74) is 1.40. The van der Waals surface area contributed by atoms with Gasteiger partial charge in [-0.05, 0) is 23.8 Å². The van der Waals surface area contributed by atoms with Crippen LogP contribution in [0.2, 0.25) is 0 Å². The molecule has 0 fully saturated rings. The van der Waals surface area contributed by atoms with E-state index in [4.69, 9.17) is 5.11 Å². The SMILES string of the molecule is CC(C)(C)c1cc(/C=C/C(=O)O)c2cccc(F)c2n1. The first-order valence-corrected chi connectivity index (χ1v) is 6.30. The smallest absolute Gasteiger partial charge is 0.328 e. The van der Waals surface area contributed by atoms with Crippen LogP contribution in [-0.4, -0.2) is 16.1 Å². The van der Waals surface area contributed by atoms with Crippen molar-refractivity contribution in [1.29, 1.82) is 0 Å². The van der Waals surface area contributed by atoms with E-state index in [9.17, 15) is 9.18 Å². The third-order valence-electron chi connectivity index (χ3n) is 3.00. The van der Waals surface area contributed by atoms with Crippen molar-refractivity contribution in [3.8, 4) is 0 Å². The molecule has 0 unspecified atom stereocenters. The number of carboxylic acid groups (broad SMARTS) is 1. The molecule has 2 rings (SSSR count). The van der Waals surface area contributed by atoms with Crippen LogP contribution in [0.5, 0.6) is 0 Å². The highest BCUT2D eigenvalue weighted by Gasteiger charge is 2.18. The Morgan fingerprint density at radius 1 is 1.35 bits per heavy atom. The Hall–Kier alpha value is -2.23. The summed E-state index contributed by atoms with van der Waals surface area (Å²) < 4.78 is 13.9. The maximum atomic E-state index is 13.9. The molecule has 20 heavy (non-hydrogen) atoms. The number of rotatable bonds is 2. The van der Waals surface area contributed by atoms with Crippen molar-refractivity contribution >= 4 is 22.9 Å². The van der Waals surface area contributed by atoms with Crippen LogP contribution in [0.15, 0.2) is 30.3 Å². The Morgan fingerprint density at radius 3 is 2.65 bits per heavy atom. The summed E-state index contributed by atoms with van der Waals surface area (Å²) in [6, 6.07) is 6.49. The van der Waals surface area contributed by atoms with Crippen LogP contribution in [0.4, 0.5) is 4.39 Å². The average molecular weight is 273 g/mol. The lowest BCUT2D eigenvalue weighted by Gasteiger charge is -2.19. The minimum atomic E-state index is -1.04. The molecule has 0 bridgehead atoms. The van der Waals surface area contributed by atoms with Gasteiger partial charge in [0.2, 0.25) is 0 Å². The number of aromatic nitrogens is 1. The van der Waals surface area contributed by atoms with E-state index in [1.807, 2.05) is 20.8 Å². The standard InChI is InChI=1S/C16H16FNO2/c1-16(2,3)13-9-10(7-8-14(19)20)11-5-4-6-12(17)15(11)18-13/h4-9H,1-3H3,(H,19,20)/b8-7+. The molecule has 0 saturated carbocycles. The molecule has 0 aliphatic heterocycles. The first-order valence-electron chi connectivity index (χ1n) is 6.30. The summed E-state index contributed by atoms with van der Waals surface area (Å²) in [5, 5.41) is 9.36. The highest BCUT2D eigenvalue weighted by atomic mass is 19.1. The predicted molar refractivity (Wildman–Crippen MR) is 77.1 cm³/mol. The summed E-state index contributed by atoms with van der Waals surface area (Å²) in [4.78, 5) is 15.1. The average Bonchev–Trinajstić information content (AvgIpc) is 2.35. The first kappa shape index (κ1) is 14.2. The summed E-state index contributed by atoms with van der Waals surface area (Å²) in [7, 11) is 0. The largest absolute Gasteiger partial charge is 0.478 e. The van der Waals surface area contributed by atoms with Gasteiger partial charge < -0.3 is 5.11 Å². The Bertz CT molecular complexity index is 699. The lowest BCUT2D eigenvalue weighted by molar-refractivity contribution is -0.131. The molecule has 104 valence electrons. The first-order chi connectivity index (χ1) is 9.29. The third kappa shape index (κ3) is 2.85. The van der Waals surface area contributed by atoms with Crippen LogP contribution in [0.1, 0.15) is 32.0 Å². The van der Waals surface area contributed by atoms with Gasteiger partial charge in [0.05, 0.1) is 0 Å². The van der Waals surface area contributed by atoms with E-state index in [0.29, 0.717) is 10.9 Å². The number of aliphatic carboxylic acids is 1. The van der Waals surface area contributed by atoms with Crippen LogP contribution in [0, 0.1) is 5.82 Å². The van der Waals surface area contributed by atoms with Crippen LogP contribution >= 0.6 is 0 Å². The van der Waals surface area contributed by atoms with Crippen molar-refractivity contribution in [2.24, 2.45) is 0 Å². The Labute approximate surface area is 116 Å². The number of hydrogen-bond acceptors (Lipinski definition) is 2. The maximum Gasteiger partial charge on any atom is 0.328 e. The van der Waals surface area contributed by atoms with E-state index in [0.717, 1.165) is 11.8 Å². The van der Waals surface area contributed by atoms with Gasteiger partial charge in [-0.1, -0.05) is 32.9 Å². The van der Waals surface area contributed by atoms with E-state index in [1.54, 1.807) is 18.2 Å². The molecule has 1 heterocycles. The van der Waals surface area contributed by atoms with Gasteiger partial charge in [-0.3, -0.25) is 0 Å². The summed E-state index contributed by atoms with van der Waals surface area (Å²) in [6.45, 7) is 5.94. The summed E-state index contributed by atoms with van der Waals surface area (Å²) in [6.07, 6.45) is 2.52. The fourth-order valence-corrected chi connectivity index (χ4v) is 1.92. The molecule has 3 nitrogen and oxygen atoms in total. The Kier molecular flexibility index (Phi) is 3.57. The molecule has 1 N–H and O–H groups in total. The number of halogens is 1. The number of para-hydroxylation sites is 1. The van der Waals surface area contributed by atoms with E-state index >= 15 is 0 Å².